The number of nitrogens with one attached hydrogen (secondary N) is 1. The molecule has 3 aromatic rings. The van der Waals surface area contributed by atoms with E-state index in [9.17, 15) is 0 Å². The van der Waals surface area contributed by atoms with Gasteiger partial charge in [-0.15, -0.1) is 11.6 Å². The van der Waals surface area contributed by atoms with Crippen LogP contribution in [0.5, 0.6) is 0 Å². The second-order valence-corrected chi connectivity index (χ2v) is 4.82. The van der Waals surface area contributed by atoms with Crippen LogP contribution in [0.2, 0.25) is 0 Å². The van der Waals surface area contributed by atoms with E-state index in [0.717, 1.165) is 11.3 Å². The van der Waals surface area contributed by atoms with Crippen LogP contribution in [0.3, 0.4) is 0 Å². The minimum Gasteiger partial charge on any atom is -0.345 e. The van der Waals surface area contributed by atoms with Crippen molar-refractivity contribution >= 4 is 17.5 Å². The smallest absolute Gasteiger partial charge is 0.248 e. The molecule has 1 N–H and O–H groups in total. The standard InChI is InChI=1S/C15H14ClN5/c16-11-14(12-7-3-1-4-8-12)17-15-18-19-20-21(15)13-9-5-2-6-10-13/h1-10,14H,11H2,(H,17,18,20). The second kappa shape index (κ2) is 6.37. The molecule has 21 heavy (non-hydrogen) atoms. The van der Waals surface area contributed by atoms with E-state index in [4.69, 9.17) is 11.6 Å². The van der Waals surface area contributed by atoms with Gasteiger partial charge in [-0.1, -0.05) is 53.6 Å². The van der Waals surface area contributed by atoms with Crippen molar-refractivity contribution in [1.82, 2.24) is 20.2 Å². The van der Waals surface area contributed by atoms with Gasteiger partial charge in [0.15, 0.2) is 0 Å². The molecule has 0 aliphatic heterocycles. The van der Waals surface area contributed by atoms with E-state index in [1.54, 1.807) is 4.68 Å². The van der Waals surface area contributed by atoms with Crippen LogP contribution in [0, 0.1) is 0 Å². The Labute approximate surface area is 127 Å². The first-order valence-electron chi connectivity index (χ1n) is 6.60. The summed E-state index contributed by atoms with van der Waals surface area (Å²) in [6.45, 7) is 0. The molecular formula is C15H14ClN5. The second-order valence-electron chi connectivity index (χ2n) is 4.51. The van der Waals surface area contributed by atoms with Crippen LogP contribution >= 0.6 is 11.6 Å². The first kappa shape index (κ1) is 13.6. The fourth-order valence-corrected chi connectivity index (χ4v) is 2.33. The highest BCUT2D eigenvalue weighted by Gasteiger charge is 2.15. The Morgan fingerprint density at radius 1 is 1.00 bits per heavy atom. The van der Waals surface area contributed by atoms with E-state index >= 15 is 0 Å². The third kappa shape index (κ3) is 3.03. The van der Waals surface area contributed by atoms with Gasteiger partial charge in [0.25, 0.3) is 0 Å². The summed E-state index contributed by atoms with van der Waals surface area (Å²) in [5.41, 5.74) is 1.99. The van der Waals surface area contributed by atoms with E-state index in [1.807, 2.05) is 60.7 Å². The van der Waals surface area contributed by atoms with Gasteiger partial charge in [0.05, 0.1) is 11.7 Å². The average Bonchev–Trinajstić information content (AvgIpc) is 3.02. The van der Waals surface area contributed by atoms with Gasteiger partial charge >= 0.3 is 0 Å². The van der Waals surface area contributed by atoms with Gasteiger partial charge in [0.1, 0.15) is 0 Å². The highest BCUT2D eigenvalue weighted by molar-refractivity contribution is 6.18. The zero-order chi connectivity index (χ0) is 14.5. The Hall–Kier alpha value is -2.40. The summed E-state index contributed by atoms with van der Waals surface area (Å²) in [4.78, 5) is 0. The summed E-state index contributed by atoms with van der Waals surface area (Å²) >= 11 is 6.08. The van der Waals surface area contributed by atoms with Crippen LogP contribution in [0.15, 0.2) is 60.7 Å². The minimum atomic E-state index is -0.0543. The van der Waals surface area contributed by atoms with Gasteiger partial charge in [-0.3, -0.25) is 0 Å². The molecule has 0 amide bonds. The molecule has 2 aromatic carbocycles. The normalized spacial score (nSPS) is 12.0. The summed E-state index contributed by atoms with van der Waals surface area (Å²) in [6.07, 6.45) is 0. The lowest BCUT2D eigenvalue weighted by Crippen LogP contribution is -2.16. The number of nitrogens with zero attached hydrogens (tertiary/aromatic N) is 4. The van der Waals surface area contributed by atoms with Crippen molar-refractivity contribution in [2.45, 2.75) is 6.04 Å². The molecule has 0 aliphatic rings. The summed E-state index contributed by atoms with van der Waals surface area (Å²) in [5.74, 6) is 0.988. The lowest BCUT2D eigenvalue weighted by molar-refractivity contribution is 0.781. The van der Waals surface area contributed by atoms with Crippen molar-refractivity contribution in [1.29, 1.82) is 0 Å². The minimum absolute atomic E-state index is 0.0543. The number of tetrazole rings is 1. The zero-order valence-electron chi connectivity index (χ0n) is 11.2. The molecule has 5 nitrogen and oxygen atoms in total. The lowest BCUT2D eigenvalue weighted by Gasteiger charge is -2.16. The molecule has 1 aromatic heterocycles. The van der Waals surface area contributed by atoms with Crippen molar-refractivity contribution in [3.05, 3.63) is 66.2 Å². The zero-order valence-corrected chi connectivity index (χ0v) is 12.0. The largest absolute Gasteiger partial charge is 0.345 e. The van der Waals surface area contributed by atoms with E-state index in [2.05, 4.69) is 20.8 Å². The Bertz CT molecular complexity index is 684. The van der Waals surface area contributed by atoms with Crippen molar-refractivity contribution in [3.8, 4) is 5.69 Å². The number of para-hydroxylation sites is 1. The third-order valence-corrected chi connectivity index (χ3v) is 3.44. The third-order valence-electron chi connectivity index (χ3n) is 3.13. The van der Waals surface area contributed by atoms with Crippen LogP contribution in [0.1, 0.15) is 11.6 Å². The molecule has 0 fully saturated rings. The molecule has 1 heterocycles. The van der Waals surface area contributed by atoms with Gasteiger partial charge in [0.2, 0.25) is 5.95 Å². The predicted octanol–water partition coefficient (Wildman–Crippen LogP) is 3.05. The van der Waals surface area contributed by atoms with Crippen LogP contribution < -0.4 is 5.32 Å². The molecule has 0 radical (unpaired) electrons. The van der Waals surface area contributed by atoms with E-state index in [1.165, 1.54) is 0 Å². The molecule has 3 rings (SSSR count). The Morgan fingerprint density at radius 2 is 1.67 bits per heavy atom. The summed E-state index contributed by atoms with van der Waals surface area (Å²) in [5, 5.41) is 15.1. The van der Waals surface area contributed by atoms with Gasteiger partial charge in [-0.25, -0.2) is 0 Å². The van der Waals surface area contributed by atoms with Crippen LogP contribution in [0.4, 0.5) is 5.95 Å². The monoisotopic (exact) mass is 299 g/mol. The average molecular weight is 300 g/mol. The number of alkyl halides is 1. The molecule has 1 unspecified atom stereocenters. The first-order valence-corrected chi connectivity index (χ1v) is 7.13. The Balaban J connectivity index is 1.87. The summed E-state index contributed by atoms with van der Waals surface area (Å²) < 4.78 is 1.66. The number of aromatic nitrogens is 4. The summed E-state index contributed by atoms with van der Waals surface area (Å²) in [6, 6.07) is 19.7. The highest BCUT2D eigenvalue weighted by Crippen LogP contribution is 2.20. The number of benzene rings is 2. The fraction of sp³-hybridized carbons (Fsp3) is 0.133. The molecule has 1 atom stereocenters. The summed E-state index contributed by atoms with van der Waals surface area (Å²) in [7, 11) is 0. The van der Waals surface area contributed by atoms with Crippen molar-refractivity contribution in [3.63, 3.8) is 0 Å². The molecule has 0 aliphatic carbocycles. The lowest BCUT2D eigenvalue weighted by atomic mass is 10.1. The first-order chi connectivity index (χ1) is 10.4. The van der Waals surface area contributed by atoms with Gasteiger partial charge < -0.3 is 5.32 Å². The molecule has 6 heteroatoms. The van der Waals surface area contributed by atoms with Crippen LogP contribution in [-0.4, -0.2) is 26.1 Å². The van der Waals surface area contributed by atoms with Crippen molar-refractivity contribution < 1.29 is 0 Å². The van der Waals surface area contributed by atoms with E-state index in [0.29, 0.717) is 11.8 Å². The molecule has 0 spiro atoms. The van der Waals surface area contributed by atoms with Crippen LogP contribution in [-0.2, 0) is 0 Å². The number of halogens is 1. The molecule has 106 valence electrons. The quantitative estimate of drug-likeness (QED) is 0.736. The van der Waals surface area contributed by atoms with Gasteiger partial charge in [-0.2, -0.15) is 4.68 Å². The van der Waals surface area contributed by atoms with E-state index in [-0.39, 0.29) is 6.04 Å². The highest BCUT2D eigenvalue weighted by atomic mass is 35.5. The number of hydrogen-bond donors (Lipinski definition) is 1. The topological polar surface area (TPSA) is 55.6 Å². The van der Waals surface area contributed by atoms with Gasteiger partial charge in [0, 0.05) is 5.88 Å². The fourth-order valence-electron chi connectivity index (χ4n) is 2.07. The van der Waals surface area contributed by atoms with Crippen molar-refractivity contribution in [2.75, 3.05) is 11.2 Å². The molecule has 0 saturated heterocycles. The van der Waals surface area contributed by atoms with E-state index < -0.39 is 0 Å². The molecule has 0 bridgehead atoms. The molecular weight excluding hydrogens is 286 g/mol. The maximum absolute atomic E-state index is 6.08. The van der Waals surface area contributed by atoms with Crippen molar-refractivity contribution in [2.24, 2.45) is 0 Å². The maximum atomic E-state index is 6.08. The van der Waals surface area contributed by atoms with Gasteiger partial charge in [-0.05, 0) is 28.1 Å². The molecule has 0 saturated carbocycles. The number of rotatable bonds is 5. The van der Waals surface area contributed by atoms with Crippen LogP contribution in [0.25, 0.3) is 5.69 Å². The Morgan fingerprint density at radius 3 is 2.33 bits per heavy atom. The number of anilines is 1. The SMILES string of the molecule is ClCC(Nc1nnnn1-c1ccccc1)c1ccccc1. The predicted molar refractivity (Wildman–Crippen MR) is 82.7 cm³/mol. The number of hydrogen-bond acceptors (Lipinski definition) is 4. The maximum Gasteiger partial charge on any atom is 0.248 e. The Kier molecular flexibility index (Phi) is 4.12.